The topological polar surface area (TPSA) is 93.1 Å². The molecule has 1 amide bonds. The number of hydrogen-bond acceptors (Lipinski definition) is 5. The highest BCUT2D eigenvalue weighted by Gasteiger charge is 2.15. The zero-order valence-electron chi connectivity index (χ0n) is 12.8. The number of likely N-dealkylation sites (N-methyl/N-ethyl adjacent to an activating group) is 1. The molecule has 1 rings (SSSR count). The van der Waals surface area contributed by atoms with Gasteiger partial charge in [0.05, 0.1) is 12.7 Å². The first-order valence-electron chi connectivity index (χ1n) is 6.61. The fraction of sp³-hybridized carbons (Fsp3) is 0.400. The lowest BCUT2D eigenvalue weighted by Crippen LogP contribution is -2.27. The zero-order valence-corrected chi connectivity index (χ0v) is 12.8. The maximum Gasteiger partial charge on any atom is 0.338 e. The average Bonchev–Trinajstić information content (AvgIpc) is 2.49. The predicted molar refractivity (Wildman–Crippen MR) is 77.9 cm³/mol. The maximum atomic E-state index is 11.8. The SMILES string of the molecule is COC(=O)c1cc(OCC(=O)N(C)C)ccc1CCC(=O)O. The molecule has 0 aromatic heterocycles. The lowest BCUT2D eigenvalue weighted by molar-refractivity contribution is -0.137. The van der Waals surface area contributed by atoms with Gasteiger partial charge in [0, 0.05) is 20.5 Å². The van der Waals surface area contributed by atoms with E-state index in [1.807, 2.05) is 0 Å². The molecule has 120 valence electrons. The third-order valence-electron chi connectivity index (χ3n) is 2.96. The van der Waals surface area contributed by atoms with Gasteiger partial charge in [-0.05, 0) is 24.1 Å². The van der Waals surface area contributed by atoms with E-state index < -0.39 is 11.9 Å². The Morgan fingerprint density at radius 1 is 1.23 bits per heavy atom. The van der Waals surface area contributed by atoms with Crippen LogP contribution in [0.3, 0.4) is 0 Å². The number of rotatable bonds is 7. The van der Waals surface area contributed by atoms with Crippen molar-refractivity contribution >= 4 is 17.8 Å². The minimum Gasteiger partial charge on any atom is -0.484 e. The number of nitrogens with zero attached hydrogens (tertiary/aromatic N) is 1. The van der Waals surface area contributed by atoms with E-state index in [1.54, 1.807) is 26.2 Å². The van der Waals surface area contributed by atoms with Gasteiger partial charge in [-0.3, -0.25) is 9.59 Å². The molecule has 1 aromatic rings. The first-order valence-corrected chi connectivity index (χ1v) is 6.61. The second-order valence-corrected chi connectivity index (χ2v) is 4.78. The van der Waals surface area contributed by atoms with Gasteiger partial charge in [-0.25, -0.2) is 4.79 Å². The molecular formula is C15H19NO6. The fourth-order valence-electron chi connectivity index (χ4n) is 1.68. The molecule has 0 unspecified atom stereocenters. The van der Waals surface area contributed by atoms with Crippen LogP contribution in [0, 0.1) is 0 Å². The number of aliphatic carboxylic acids is 1. The molecule has 0 aliphatic heterocycles. The molecule has 0 bridgehead atoms. The van der Waals surface area contributed by atoms with E-state index in [4.69, 9.17) is 9.84 Å². The number of carbonyl (C=O) groups excluding carboxylic acids is 2. The van der Waals surface area contributed by atoms with Gasteiger partial charge < -0.3 is 19.5 Å². The molecule has 0 radical (unpaired) electrons. The van der Waals surface area contributed by atoms with Gasteiger partial charge in [0.25, 0.3) is 5.91 Å². The van der Waals surface area contributed by atoms with E-state index in [1.165, 1.54) is 18.1 Å². The Kier molecular flexibility index (Phi) is 6.37. The van der Waals surface area contributed by atoms with E-state index in [9.17, 15) is 14.4 Å². The lowest BCUT2D eigenvalue weighted by atomic mass is 10.0. The van der Waals surface area contributed by atoms with Crippen LogP contribution in [0.4, 0.5) is 0 Å². The molecule has 0 fully saturated rings. The number of esters is 1. The summed E-state index contributed by atoms with van der Waals surface area (Å²) in [7, 11) is 4.47. The summed E-state index contributed by atoms with van der Waals surface area (Å²) in [6.45, 7) is -0.151. The quantitative estimate of drug-likeness (QED) is 0.754. The molecule has 7 heteroatoms. The first-order chi connectivity index (χ1) is 10.3. The first kappa shape index (κ1) is 17.5. The Hall–Kier alpha value is -2.57. The molecule has 7 nitrogen and oxygen atoms in total. The Bertz CT molecular complexity index is 567. The van der Waals surface area contributed by atoms with Crippen LogP contribution in [-0.4, -0.2) is 55.7 Å². The smallest absolute Gasteiger partial charge is 0.338 e. The van der Waals surface area contributed by atoms with Gasteiger partial charge in [-0.15, -0.1) is 0 Å². The molecule has 0 saturated carbocycles. The van der Waals surface area contributed by atoms with E-state index in [0.29, 0.717) is 11.3 Å². The standard InChI is InChI=1S/C15H19NO6/c1-16(2)13(17)9-22-11-6-4-10(5-7-14(18)19)12(8-11)15(20)21-3/h4,6,8H,5,7,9H2,1-3H3,(H,18,19). The molecule has 0 aliphatic rings. The van der Waals surface area contributed by atoms with Gasteiger partial charge in [0.1, 0.15) is 5.75 Å². The number of amides is 1. The third kappa shape index (κ3) is 5.08. The summed E-state index contributed by atoms with van der Waals surface area (Å²) in [5.41, 5.74) is 0.791. The molecule has 22 heavy (non-hydrogen) atoms. The molecule has 1 aromatic carbocycles. The predicted octanol–water partition coefficient (Wildman–Crippen LogP) is 0.957. The minimum absolute atomic E-state index is 0.0939. The Morgan fingerprint density at radius 2 is 1.91 bits per heavy atom. The largest absolute Gasteiger partial charge is 0.484 e. The molecule has 1 N–H and O–H groups in total. The zero-order chi connectivity index (χ0) is 16.7. The van der Waals surface area contributed by atoms with Crippen LogP contribution in [0.25, 0.3) is 0 Å². The summed E-state index contributed by atoms with van der Waals surface area (Å²) >= 11 is 0. The van der Waals surface area contributed by atoms with Gasteiger partial charge in [0.15, 0.2) is 6.61 Å². The Morgan fingerprint density at radius 3 is 2.45 bits per heavy atom. The summed E-state index contributed by atoms with van der Waals surface area (Å²) in [6.07, 6.45) is 0.111. The summed E-state index contributed by atoms with van der Waals surface area (Å²) in [5, 5.41) is 8.73. The van der Waals surface area contributed by atoms with Crippen LogP contribution in [-0.2, 0) is 20.7 Å². The molecule has 0 atom stereocenters. The van der Waals surface area contributed by atoms with Crippen molar-refractivity contribution in [3.05, 3.63) is 29.3 Å². The van der Waals surface area contributed by atoms with Gasteiger partial charge in [0.2, 0.25) is 0 Å². The highest BCUT2D eigenvalue weighted by Crippen LogP contribution is 2.20. The summed E-state index contributed by atoms with van der Waals surface area (Å²) < 4.78 is 10.0. The van der Waals surface area contributed by atoms with Crippen LogP contribution in [0.1, 0.15) is 22.3 Å². The third-order valence-corrected chi connectivity index (χ3v) is 2.96. The van der Waals surface area contributed by atoms with Crippen molar-refractivity contribution in [2.24, 2.45) is 0 Å². The van der Waals surface area contributed by atoms with Crippen LogP contribution >= 0.6 is 0 Å². The average molecular weight is 309 g/mol. The van der Waals surface area contributed by atoms with Crippen LogP contribution in [0.15, 0.2) is 18.2 Å². The van der Waals surface area contributed by atoms with Crippen LogP contribution in [0.5, 0.6) is 5.75 Å². The summed E-state index contributed by atoms with van der Waals surface area (Å²) in [4.78, 5) is 35.3. The minimum atomic E-state index is -0.951. The van der Waals surface area contributed by atoms with Crippen molar-refractivity contribution in [3.63, 3.8) is 0 Å². The number of carboxylic acids is 1. The number of benzene rings is 1. The van der Waals surface area contributed by atoms with Gasteiger partial charge in [-0.2, -0.15) is 0 Å². The van der Waals surface area contributed by atoms with Crippen molar-refractivity contribution in [2.45, 2.75) is 12.8 Å². The molecule has 0 spiro atoms. The normalized spacial score (nSPS) is 9.95. The number of carboxylic acid groups (broad SMARTS) is 1. The number of hydrogen-bond donors (Lipinski definition) is 1. The summed E-state index contributed by atoms with van der Waals surface area (Å²) in [6, 6.07) is 4.64. The Labute approximate surface area is 128 Å². The molecule has 0 saturated heterocycles. The van der Waals surface area contributed by atoms with Gasteiger partial charge >= 0.3 is 11.9 Å². The van der Waals surface area contributed by atoms with Crippen LogP contribution in [0.2, 0.25) is 0 Å². The van der Waals surface area contributed by atoms with E-state index in [-0.39, 0.29) is 30.9 Å². The molecular weight excluding hydrogens is 290 g/mol. The number of carbonyl (C=O) groups is 3. The second kappa shape index (κ2) is 8.02. The number of aryl methyl sites for hydroxylation is 1. The highest BCUT2D eigenvalue weighted by atomic mass is 16.5. The fourth-order valence-corrected chi connectivity index (χ4v) is 1.68. The monoisotopic (exact) mass is 309 g/mol. The van der Waals surface area contributed by atoms with Gasteiger partial charge in [-0.1, -0.05) is 6.07 Å². The number of methoxy groups -OCH3 is 1. The van der Waals surface area contributed by atoms with Crippen molar-refractivity contribution in [1.82, 2.24) is 4.90 Å². The van der Waals surface area contributed by atoms with Crippen molar-refractivity contribution in [3.8, 4) is 5.75 Å². The van der Waals surface area contributed by atoms with Crippen molar-refractivity contribution in [1.29, 1.82) is 0 Å². The second-order valence-electron chi connectivity index (χ2n) is 4.78. The van der Waals surface area contributed by atoms with Crippen molar-refractivity contribution in [2.75, 3.05) is 27.8 Å². The highest BCUT2D eigenvalue weighted by molar-refractivity contribution is 5.91. The number of ether oxygens (including phenoxy) is 2. The van der Waals surface area contributed by atoms with E-state index in [2.05, 4.69) is 4.74 Å². The molecule has 0 heterocycles. The molecule has 0 aliphatic carbocycles. The Balaban J connectivity index is 2.91. The maximum absolute atomic E-state index is 11.8. The van der Waals surface area contributed by atoms with E-state index in [0.717, 1.165) is 0 Å². The lowest BCUT2D eigenvalue weighted by Gasteiger charge is -2.13. The van der Waals surface area contributed by atoms with Crippen molar-refractivity contribution < 1.29 is 29.0 Å². The van der Waals surface area contributed by atoms with E-state index >= 15 is 0 Å². The van der Waals surface area contributed by atoms with Crippen LogP contribution < -0.4 is 4.74 Å². The summed E-state index contributed by atoms with van der Waals surface area (Å²) in [5.74, 6) is -1.40.